The van der Waals surface area contributed by atoms with Gasteiger partial charge >= 0.3 is 11.7 Å². The van der Waals surface area contributed by atoms with Crippen LogP contribution in [0.5, 0.6) is 0 Å². The highest BCUT2D eigenvalue weighted by Gasteiger charge is 2.21. The number of carbonyl (C=O) groups excluding carboxylic acids is 1. The number of nitrogens with zero attached hydrogens (tertiary/aromatic N) is 5. The molecule has 26 heavy (non-hydrogen) atoms. The zero-order chi connectivity index (χ0) is 19.2. The number of hydrogen-bond donors (Lipinski definition) is 0. The molecule has 9 heteroatoms. The minimum absolute atomic E-state index is 0.0353. The van der Waals surface area contributed by atoms with E-state index in [0.29, 0.717) is 16.9 Å². The fourth-order valence-electron chi connectivity index (χ4n) is 3.26. The lowest BCUT2D eigenvalue weighted by Crippen LogP contribution is -2.39. The van der Waals surface area contributed by atoms with E-state index in [-0.39, 0.29) is 19.0 Å². The third-order valence-electron chi connectivity index (χ3n) is 4.87. The van der Waals surface area contributed by atoms with Crippen LogP contribution in [0.4, 0.5) is 0 Å². The molecule has 0 spiro atoms. The van der Waals surface area contributed by atoms with Gasteiger partial charge in [-0.15, -0.1) is 0 Å². The Morgan fingerprint density at radius 3 is 2.65 bits per heavy atom. The number of esters is 1. The van der Waals surface area contributed by atoms with E-state index < -0.39 is 17.2 Å². The molecule has 0 amide bonds. The fraction of sp³-hybridized carbons (Fsp3) is 0.529. The smallest absolute Gasteiger partial charge is 0.332 e. The minimum atomic E-state index is -0.501. The molecule has 0 radical (unpaired) electrons. The molecule has 0 aliphatic carbocycles. The van der Waals surface area contributed by atoms with Gasteiger partial charge in [-0.25, -0.2) is 4.79 Å². The van der Waals surface area contributed by atoms with Gasteiger partial charge in [-0.2, -0.15) is 4.98 Å². The van der Waals surface area contributed by atoms with Crippen molar-refractivity contribution in [2.45, 2.75) is 46.2 Å². The summed E-state index contributed by atoms with van der Waals surface area (Å²) < 4.78 is 10.8. The predicted octanol–water partition coefficient (Wildman–Crippen LogP) is 0.992. The van der Waals surface area contributed by atoms with Crippen molar-refractivity contribution in [1.29, 1.82) is 0 Å². The molecule has 9 nitrogen and oxygen atoms in total. The highest BCUT2D eigenvalue weighted by atomic mass is 16.5. The zero-order valence-corrected chi connectivity index (χ0v) is 15.6. The summed E-state index contributed by atoms with van der Waals surface area (Å²) in [5, 5.41) is 0. The van der Waals surface area contributed by atoms with Crippen molar-refractivity contribution in [3.63, 3.8) is 0 Å². The van der Waals surface area contributed by atoms with E-state index >= 15 is 0 Å². The molecular formula is C17H23N5O4. The van der Waals surface area contributed by atoms with Gasteiger partial charge in [0.05, 0.1) is 13.5 Å². The molecule has 1 unspecified atom stereocenters. The van der Waals surface area contributed by atoms with E-state index in [9.17, 15) is 14.4 Å². The number of hydrogen-bond acceptors (Lipinski definition) is 5. The molecule has 1 atom stereocenters. The molecule has 0 saturated carbocycles. The number of rotatable bonds is 5. The first-order chi connectivity index (χ1) is 12.3. The summed E-state index contributed by atoms with van der Waals surface area (Å²) in [5.74, 6) is 0.154. The lowest BCUT2D eigenvalue weighted by molar-refractivity contribution is -0.140. The first-order valence-corrected chi connectivity index (χ1v) is 8.58. The number of aryl methyl sites for hydroxylation is 2. The van der Waals surface area contributed by atoms with Crippen molar-refractivity contribution in [2.75, 3.05) is 7.11 Å². The number of imidazole rings is 2. The molecule has 140 valence electrons. The standard InChI is InChI=1S/C17H23N5O4/c1-6-10(2)22-11(3)9-21-13-14(18-16(21)22)19(4)17(25)20(15(13)24)8-7-12(23)26-5/h9-10H,6-8H2,1-5H3. The molecule has 0 aliphatic heterocycles. The SMILES string of the molecule is CCC(C)n1c(C)cn2c3c(=O)n(CCC(=O)OC)c(=O)n(C)c3nc12. The van der Waals surface area contributed by atoms with Crippen molar-refractivity contribution in [3.05, 3.63) is 32.7 Å². The van der Waals surface area contributed by atoms with Gasteiger partial charge in [-0.3, -0.25) is 23.1 Å². The van der Waals surface area contributed by atoms with E-state index in [1.807, 2.05) is 13.1 Å². The third-order valence-corrected chi connectivity index (χ3v) is 4.87. The first kappa shape index (κ1) is 18.0. The normalized spacial score (nSPS) is 12.8. The molecule has 0 fully saturated rings. The second-order valence-electron chi connectivity index (χ2n) is 6.48. The van der Waals surface area contributed by atoms with Crippen molar-refractivity contribution >= 4 is 22.9 Å². The van der Waals surface area contributed by atoms with Crippen molar-refractivity contribution in [1.82, 2.24) is 23.1 Å². The average molecular weight is 361 g/mol. The van der Waals surface area contributed by atoms with Gasteiger partial charge in [0.2, 0.25) is 5.78 Å². The molecule has 3 heterocycles. The molecule has 3 aromatic heterocycles. The quantitative estimate of drug-likeness (QED) is 0.632. The fourth-order valence-corrected chi connectivity index (χ4v) is 3.26. The molecule has 0 bridgehead atoms. The van der Waals surface area contributed by atoms with Gasteiger partial charge in [-0.05, 0) is 20.3 Å². The van der Waals surface area contributed by atoms with E-state index in [0.717, 1.165) is 16.7 Å². The summed E-state index contributed by atoms with van der Waals surface area (Å²) in [4.78, 5) is 41.5. The van der Waals surface area contributed by atoms with Crippen molar-refractivity contribution in [2.24, 2.45) is 7.05 Å². The van der Waals surface area contributed by atoms with Crippen LogP contribution in [-0.4, -0.2) is 36.2 Å². The Morgan fingerprint density at radius 2 is 2.04 bits per heavy atom. The monoisotopic (exact) mass is 361 g/mol. The van der Waals surface area contributed by atoms with Gasteiger partial charge in [0.25, 0.3) is 5.56 Å². The number of carbonyl (C=O) groups is 1. The van der Waals surface area contributed by atoms with Crippen LogP contribution >= 0.6 is 0 Å². The van der Waals surface area contributed by atoms with E-state index in [4.69, 9.17) is 0 Å². The maximum Gasteiger partial charge on any atom is 0.332 e. The number of methoxy groups -OCH3 is 1. The molecular weight excluding hydrogens is 338 g/mol. The Morgan fingerprint density at radius 1 is 1.35 bits per heavy atom. The summed E-state index contributed by atoms with van der Waals surface area (Å²) in [5.41, 5.74) is 0.691. The highest BCUT2D eigenvalue weighted by Crippen LogP contribution is 2.22. The first-order valence-electron chi connectivity index (χ1n) is 8.58. The van der Waals surface area contributed by atoms with Crippen LogP contribution in [0.3, 0.4) is 0 Å². The Labute approximate surface area is 149 Å². The lowest BCUT2D eigenvalue weighted by Gasteiger charge is -2.12. The molecule has 3 rings (SSSR count). The summed E-state index contributed by atoms with van der Waals surface area (Å²) in [6.45, 7) is 6.09. The van der Waals surface area contributed by atoms with Crippen LogP contribution in [0.2, 0.25) is 0 Å². The third kappa shape index (κ3) is 2.54. The van der Waals surface area contributed by atoms with Crippen LogP contribution in [0, 0.1) is 6.92 Å². The zero-order valence-electron chi connectivity index (χ0n) is 15.6. The molecule has 0 aromatic carbocycles. The maximum absolute atomic E-state index is 13.0. The van der Waals surface area contributed by atoms with Crippen molar-refractivity contribution in [3.8, 4) is 0 Å². The molecule has 0 N–H and O–H groups in total. The van der Waals surface area contributed by atoms with E-state index in [1.165, 1.54) is 11.7 Å². The molecule has 0 saturated heterocycles. The van der Waals surface area contributed by atoms with Crippen molar-refractivity contribution < 1.29 is 9.53 Å². The van der Waals surface area contributed by atoms with Gasteiger partial charge < -0.3 is 9.30 Å². The second-order valence-corrected chi connectivity index (χ2v) is 6.48. The Hall–Kier alpha value is -2.84. The largest absolute Gasteiger partial charge is 0.469 e. The van der Waals surface area contributed by atoms with Crippen LogP contribution in [0.25, 0.3) is 16.9 Å². The Balaban J connectivity index is 2.31. The average Bonchev–Trinajstić information content (AvgIpc) is 3.13. The molecule has 0 aliphatic rings. The van der Waals surface area contributed by atoms with Crippen LogP contribution in [0.1, 0.15) is 38.4 Å². The maximum atomic E-state index is 13.0. The van der Waals surface area contributed by atoms with Gasteiger partial charge in [-0.1, -0.05) is 6.92 Å². The summed E-state index contributed by atoms with van der Waals surface area (Å²) in [6.07, 6.45) is 2.72. The lowest BCUT2D eigenvalue weighted by atomic mass is 10.2. The van der Waals surface area contributed by atoms with E-state index in [2.05, 4.69) is 28.1 Å². The number of aromatic nitrogens is 5. The topological polar surface area (TPSA) is 92.5 Å². The summed E-state index contributed by atoms with van der Waals surface area (Å²) in [6, 6.07) is 0.211. The molecule has 3 aromatic rings. The summed E-state index contributed by atoms with van der Waals surface area (Å²) in [7, 11) is 2.85. The highest BCUT2D eigenvalue weighted by molar-refractivity contribution is 5.76. The number of fused-ring (bicyclic) bond motifs is 3. The summed E-state index contributed by atoms with van der Waals surface area (Å²) >= 11 is 0. The number of ether oxygens (including phenoxy) is 1. The van der Waals surface area contributed by atoms with E-state index in [1.54, 1.807) is 11.4 Å². The van der Waals surface area contributed by atoms with Gasteiger partial charge in [0.1, 0.15) is 0 Å². The van der Waals surface area contributed by atoms with Gasteiger partial charge in [0, 0.05) is 31.5 Å². The van der Waals surface area contributed by atoms with Crippen LogP contribution < -0.4 is 11.2 Å². The Kier molecular flexibility index (Phi) is 4.47. The van der Waals surface area contributed by atoms with Crippen LogP contribution in [-0.2, 0) is 23.1 Å². The van der Waals surface area contributed by atoms with Crippen LogP contribution in [0.15, 0.2) is 15.8 Å². The minimum Gasteiger partial charge on any atom is -0.469 e. The Bertz CT molecular complexity index is 1110. The second kappa shape index (κ2) is 6.47. The van der Waals surface area contributed by atoms with Gasteiger partial charge in [0.15, 0.2) is 11.2 Å². The predicted molar refractivity (Wildman–Crippen MR) is 96.6 cm³/mol.